The van der Waals surface area contributed by atoms with E-state index in [1.807, 2.05) is 0 Å². The first-order valence-electron chi connectivity index (χ1n) is 25.8. The van der Waals surface area contributed by atoms with Gasteiger partial charge in [0.05, 0.1) is 33.8 Å². The fraction of sp³-hybridized carbons (Fsp3) is 0.164. The Morgan fingerprint density at radius 3 is 1.60 bits per heavy atom. The molecule has 10 aromatic rings. The summed E-state index contributed by atoms with van der Waals surface area (Å²) in [6.07, 6.45) is 7.71. The van der Waals surface area contributed by atoms with Crippen LogP contribution in [0.5, 0.6) is 0 Å². The fourth-order valence-electron chi connectivity index (χ4n) is 14.7. The number of para-hydroxylation sites is 3. The van der Waals surface area contributed by atoms with Crippen LogP contribution in [0.2, 0.25) is 0 Å². The fourth-order valence-corrected chi connectivity index (χ4v) is 14.7. The van der Waals surface area contributed by atoms with Gasteiger partial charge < -0.3 is 4.57 Å². The molecular weight excluding hydrogens is 875 g/mol. The lowest BCUT2D eigenvalue weighted by Gasteiger charge is -2.34. The van der Waals surface area contributed by atoms with Gasteiger partial charge >= 0.3 is 0 Å². The second-order valence-corrected chi connectivity index (χ2v) is 22.7. The minimum Gasteiger partial charge on any atom is -0.305 e. The zero-order chi connectivity index (χ0) is 48.2. The Balaban J connectivity index is 0.995. The molecule has 0 saturated heterocycles. The van der Waals surface area contributed by atoms with Crippen molar-refractivity contribution in [3.8, 4) is 22.3 Å². The zero-order valence-corrected chi connectivity index (χ0v) is 41.5. The van der Waals surface area contributed by atoms with E-state index in [0.717, 1.165) is 17.3 Å². The molecule has 5 heteroatoms. The van der Waals surface area contributed by atoms with Gasteiger partial charge in [0, 0.05) is 49.8 Å². The summed E-state index contributed by atoms with van der Waals surface area (Å²) in [6.45, 7) is 14.4. The Morgan fingerprint density at radius 2 is 0.958 bits per heavy atom. The highest BCUT2D eigenvalue weighted by molar-refractivity contribution is 6.16. The van der Waals surface area contributed by atoms with Gasteiger partial charge in [0.15, 0.2) is 5.82 Å². The first-order valence-corrected chi connectivity index (χ1v) is 25.8. The van der Waals surface area contributed by atoms with Gasteiger partial charge in [0.2, 0.25) is 5.82 Å². The van der Waals surface area contributed by atoms with E-state index < -0.39 is 0 Å². The first kappa shape index (κ1) is 40.6. The summed E-state index contributed by atoms with van der Waals surface area (Å²) in [4.78, 5) is 2.63. The molecule has 5 nitrogen and oxygen atoms in total. The maximum absolute atomic E-state index is 4.14. The molecule has 346 valence electrons. The van der Waals surface area contributed by atoms with Crippen molar-refractivity contribution in [2.75, 3.05) is 4.90 Å². The largest absolute Gasteiger partial charge is 0.305 e. The standard InChI is InChI=1S/C67H53N5/c1-65(2)50-25-13-7-19-38(50)44-31-47-41-22-10-16-28-56(41)70(59(47)34-53(44)65)62-37-63(71-57-29-17-11-23-42(57)48-32-45-39-20-8-14-26-51(39)66(3,4)54(45)35-60(48)71)68-69-64(62)72-58-30-18-12-24-43(58)49-33-46-40-21-9-15-27-52(40)67(5,6)55(46)36-61(49)72/h7-37,48,60,68-69H,1-6H3/p+1. The Kier molecular flexibility index (Phi) is 7.69. The maximum Gasteiger partial charge on any atom is 0.232 e. The molecule has 4 heterocycles. The number of allylic oxidation sites excluding steroid dienone is 4. The molecule has 6 aliphatic rings. The summed E-state index contributed by atoms with van der Waals surface area (Å²) in [5.41, 5.74) is 30.9. The number of nitrogens with one attached hydrogen (secondary N) is 1. The molecule has 2 atom stereocenters. The third-order valence-corrected chi connectivity index (χ3v) is 18.1. The average Bonchev–Trinajstić information content (AvgIpc) is 4.18. The van der Waals surface area contributed by atoms with E-state index in [4.69, 9.17) is 0 Å². The highest BCUT2D eigenvalue weighted by atomic mass is 15.5. The van der Waals surface area contributed by atoms with E-state index in [9.17, 15) is 0 Å². The maximum atomic E-state index is 4.14. The highest BCUT2D eigenvalue weighted by Crippen LogP contribution is 2.58. The van der Waals surface area contributed by atoms with Gasteiger partial charge in [-0.2, -0.15) is 5.43 Å². The van der Waals surface area contributed by atoms with Gasteiger partial charge in [-0.1, -0.05) is 181 Å². The monoisotopic (exact) mass is 928 g/mol. The predicted octanol–water partition coefficient (Wildman–Crippen LogP) is 14.5. The number of anilines is 1. The van der Waals surface area contributed by atoms with E-state index >= 15 is 0 Å². The molecule has 72 heavy (non-hydrogen) atoms. The molecule has 8 aromatic carbocycles. The summed E-state index contributed by atoms with van der Waals surface area (Å²) < 4.78 is 5.12. The molecule has 0 spiro atoms. The average molecular weight is 929 g/mol. The van der Waals surface area contributed by atoms with Crippen LogP contribution < -0.4 is 15.8 Å². The van der Waals surface area contributed by atoms with Crippen molar-refractivity contribution in [3.63, 3.8) is 0 Å². The third kappa shape index (κ3) is 4.97. The van der Waals surface area contributed by atoms with Gasteiger partial charge in [-0.3, -0.25) is 9.47 Å². The SMILES string of the molecule is CC1(C)C2=CC3C(C=C2c2ccccc21)c1ccccc1N3C1=CC(n2c3ccccc3c3cc4c(cc32)C(C)(C)c2ccccc2-4)=C(n2c3ccccc3c3cc4c(cc32)C(C)(C)c2ccccc2-4)N[NH2+]1. The number of fused-ring (bicyclic) bond motifs is 18. The number of aromatic nitrogens is 2. The van der Waals surface area contributed by atoms with Crippen LogP contribution in [0.4, 0.5) is 5.69 Å². The molecule has 0 saturated carbocycles. The summed E-state index contributed by atoms with van der Waals surface area (Å²) in [5.74, 6) is 2.36. The van der Waals surface area contributed by atoms with Crippen LogP contribution in [0.1, 0.15) is 86.4 Å². The lowest BCUT2D eigenvalue weighted by molar-refractivity contribution is -0.655. The van der Waals surface area contributed by atoms with E-state index in [1.165, 1.54) is 122 Å². The van der Waals surface area contributed by atoms with Crippen molar-refractivity contribution in [2.45, 2.75) is 69.7 Å². The van der Waals surface area contributed by atoms with Crippen molar-refractivity contribution < 1.29 is 5.43 Å². The molecule has 2 aromatic heterocycles. The molecule has 2 aliphatic heterocycles. The van der Waals surface area contributed by atoms with Gasteiger partial charge in [-0.05, 0) is 115 Å². The number of quaternary nitrogens is 1. The number of hydrogen-bond donors (Lipinski definition) is 2. The second-order valence-electron chi connectivity index (χ2n) is 22.7. The molecule has 0 radical (unpaired) electrons. The Hall–Kier alpha value is -8.12. The van der Waals surface area contributed by atoms with Gasteiger partial charge in [-0.25, -0.2) is 5.43 Å². The normalized spacial score (nSPS) is 20.1. The number of benzene rings is 8. The second kappa shape index (κ2) is 13.6. The van der Waals surface area contributed by atoms with Crippen molar-refractivity contribution in [1.82, 2.24) is 14.6 Å². The predicted molar refractivity (Wildman–Crippen MR) is 298 cm³/mol. The number of hydrogen-bond acceptors (Lipinski definition) is 2. The molecular formula is C67H54N5+. The minimum atomic E-state index is -0.168. The Labute approximate surface area is 419 Å². The lowest BCUT2D eigenvalue weighted by atomic mass is 9.77. The number of nitrogens with two attached hydrogens (primary N) is 1. The summed E-state index contributed by atoms with van der Waals surface area (Å²) >= 11 is 0. The van der Waals surface area contributed by atoms with E-state index in [1.54, 1.807) is 0 Å². The van der Waals surface area contributed by atoms with Gasteiger partial charge in [-0.15, -0.1) is 0 Å². The minimum absolute atomic E-state index is 0.0854. The van der Waals surface area contributed by atoms with Crippen LogP contribution in [0, 0.1) is 0 Å². The van der Waals surface area contributed by atoms with Crippen molar-refractivity contribution in [3.05, 3.63) is 238 Å². The molecule has 0 bridgehead atoms. The molecule has 4 aliphatic carbocycles. The van der Waals surface area contributed by atoms with Crippen molar-refractivity contribution in [1.29, 1.82) is 0 Å². The smallest absolute Gasteiger partial charge is 0.232 e. The number of nitrogens with zero attached hydrogens (tertiary/aromatic N) is 3. The molecule has 2 unspecified atom stereocenters. The Morgan fingerprint density at radius 1 is 0.444 bits per heavy atom. The van der Waals surface area contributed by atoms with E-state index in [0.29, 0.717) is 0 Å². The van der Waals surface area contributed by atoms with Crippen molar-refractivity contribution >= 4 is 66.4 Å². The summed E-state index contributed by atoms with van der Waals surface area (Å²) in [7, 11) is 0. The van der Waals surface area contributed by atoms with Crippen molar-refractivity contribution in [2.24, 2.45) is 0 Å². The van der Waals surface area contributed by atoms with Crippen LogP contribution in [0.15, 0.2) is 199 Å². The van der Waals surface area contributed by atoms with Crippen LogP contribution >= 0.6 is 0 Å². The van der Waals surface area contributed by atoms with Crippen LogP contribution in [-0.2, 0) is 16.2 Å². The summed E-state index contributed by atoms with van der Waals surface area (Å²) in [5, 5.41) is 5.01. The highest BCUT2D eigenvalue weighted by Gasteiger charge is 2.48. The third-order valence-electron chi connectivity index (χ3n) is 18.1. The molecule has 0 amide bonds. The van der Waals surface area contributed by atoms with Gasteiger partial charge in [0.1, 0.15) is 5.70 Å². The molecule has 3 N–H and O–H groups in total. The topological polar surface area (TPSA) is 41.7 Å². The van der Waals surface area contributed by atoms with Crippen LogP contribution in [-0.4, -0.2) is 15.2 Å². The van der Waals surface area contributed by atoms with Crippen LogP contribution in [0.3, 0.4) is 0 Å². The lowest BCUT2D eigenvalue weighted by Crippen LogP contribution is -2.94. The molecule has 0 fully saturated rings. The zero-order valence-electron chi connectivity index (χ0n) is 41.5. The quantitative estimate of drug-likeness (QED) is 0.173. The van der Waals surface area contributed by atoms with E-state index in [2.05, 4.69) is 255 Å². The molecule has 16 rings (SSSR count). The first-order chi connectivity index (χ1) is 35.0. The number of rotatable bonds is 3. The van der Waals surface area contributed by atoms with Gasteiger partial charge in [0.25, 0.3) is 0 Å². The summed E-state index contributed by atoms with van der Waals surface area (Å²) in [6, 6.07) is 64.4. The Bertz CT molecular complexity index is 4270. The van der Waals surface area contributed by atoms with Crippen LogP contribution in [0.25, 0.3) is 83.0 Å². The van der Waals surface area contributed by atoms with E-state index in [-0.39, 0.29) is 28.2 Å².